The summed E-state index contributed by atoms with van der Waals surface area (Å²) in [5.41, 5.74) is 5.95. The van der Waals surface area contributed by atoms with Crippen molar-refractivity contribution in [1.29, 1.82) is 0 Å². The van der Waals surface area contributed by atoms with Crippen molar-refractivity contribution >= 4 is 34.6 Å². The number of halogens is 2. The Kier molecular flexibility index (Phi) is 3.87. The Balaban J connectivity index is 2.52. The smallest absolute Gasteiger partial charge is 0.168 e. The molecular weight excluding hydrogens is 291 g/mol. The van der Waals surface area contributed by atoms with Crippen LogP contribution in [0, 0.1) is 5.82 Å². The monoisotopic (exact) mass is 300 g/mol. The van der Waals surface area contributed by atoms with Crippen LogP contribution < -0.4 is 15.8 Å². The summed E-state index contributed by atoms with van der Waals surface area (Å²) in [7, 11) is 1.43. The predicted molar refractivity (Wildman–Crippen MR) is 75.5 cm³/mol. The fourth-order valence-corrected chi connectivity index (χ4v) is 1.88. The van der Waals surface area contributed by atoms with Crippen molar-refractivity contribution in [2.24, 2.45) is 5.73 Å². The number of nitrogens with zero attached hydrogens (tertiary/aromatic N) is 2. The lowest BCUT2D eigenvalue weighted by molar-refractivity contribution is 0.409. The fourth-order valence-electron chi connectivity index (χ4n) is 1.62. The summed E-state index contributed by atoms with van der Waals surface area (Å²) in [4.78, 5) is 3.83. The lowest BCUT2D eigenvalue weighted by atomic mass is 10.2. The highest BCUT2D eigenvalue weighted by molar-refractivity contribution is 7.80. The Morgan fingerprint density at radius 1 is 1.58 bits per heavy atom. The molecule has 0 saturated heterocycles. The molecule has 100 valence electrons. The van der Waals surface area contributed by atoms with E-state index in [1.807, 2.05) is 0 Å². The molecule has 3 N–H and O–H groups in total. The maximum atomic E-state index is 14.1. The average Bonchev–Trinajstić information content (AvgIpc) is 2.73. The number of methoxy groups -OCH3 is 1. The minimum absolute atomic E-state index is 0.0416. The van der Waals surface area contributed by atoms with Gasteiger partial charge in [0.1, 0.15) is 22.9 Å². The zero-order chi connectivity index (χ0) is 14.0. The summed E-state index contributed by atoms with van der Waals surface area (Å²) in [6.07, 6.45) is 2.87. The molecule has 0 saturated carbocycles. The molecule has 0 amide bonds. The van der Waals surface area contributed by atoms with E-state index < -0.39 is 5.82 Å². The lowest BCUT2D eigenvalue weighted by Gasteiger charge is -2.13. The van der Waals surface area contributed by atoms with E-state index in [4.69, 9.17) is 34.3 Å². The van der Waals surface area contributed by atoms with Crippen LogP contribution in [0.4, 0.5) is 10.1 Å². The van der Waals surface area contributed by atoms with Gasteiger partial charge in [-0.15, -0.1) is 0 Å². The first kappa shape index (κ1) is 13.6. The first-order valence-corrected chi connectivity index (χ1v) is 5.93. The maximum absolute atomic E-state index is 14.1. The number of aromatic nitrogens is 2. The molecule has 1 aromatic heterocycles. The second-order valence-electron chi connectivity index (χ2n) is 3.60. The van der Waals surface area contributed by atoms with Gasteiger partial charge in [0.25, 0.3) is 0 Å². The topological polar surface area (TPSA) is 65.1 Å². The van der Waals surface area contributed by atoms with E-state index in [-0.39, 0.29) is 16.0 Å². The maximum Gasteiger partial charge on any atom is 0.168 e. The Morgan fingerprint density at radius 3 is 2.84 bits per heavy atom. The van der Waals surface area contributed by atoms with Gasteiger partial charge in [-0.05, 0) is 18.3 Å². The first-order valence-electron chi connectivity index (χ1n) is 5.15. The van der Waals surface area contributed by atoms with Crippen molar-refractivity contribution in [3.8, 4) is 11.4 Å². The molecule has 0 aliphatic heterocycles. The number of rotatable bonds is 3. The van der Waals surface area contributed by atoms with Crippen LogP contribution in [0.2, 0.25) is 5.15 Å². The zero-order valence-corrected chi connectivity index (χ0v) is 11.4. The molecule has 0 spiro atoms. The Bertz CT molecular complexity index is 631. The summed E-state index contributed by atoms with van der Waals surface area (Å²) in [5.74, 6) is -0.222. The highest BCUT2D eigenvalue weighted by atomic mass is 35.5. The molecule has 0 unspecified atom stereocenters. The van der Waals surface area contributed by atoms with Crippen molar-refractivity contribution < 1.29 is 9.13 Å². The van der Waals surface area contributed by atoms with Crippen LogP contribution in [0.3, 0.4) is 0 Å². The van der Waals surface area contributed by atoms with Crippen molar-refractivity contribution in [1.82, 2.24) is 9.55 Å². The van der Waals surface area contributed by atoms with Gasteiger partial charge in [-0.25, -0.2) is 9.37 Å². The molecule has 1 heterocycles. The van der Waals surface area contributed by atoms with Gasteiger partial charge in [0.15, 0.2) is 10.9 Å². The van der Waals surface area contributed by atoms with Crippen LogP contribution in [0.25, 0.3) is 5.69 Å². The third kappa shape index (κ3) is 2.94. The van der Waals surface area contributed by atoms with E-state index in [0.717, 1.165) is 0 Å². The molecule has 2 rings (SSSR count). The van der Waals surface area contributed by atoms with E-state index >= 15 is 0 Å². The Hall–Kier alpha value is -1.86. The van der Waals surface area contributed by atoms with Gasteiger partial charge in [-0.1, -0.05) is 11.6 Å². The number of thiocarbonyl (C=S) groups is 1. The minimum Gasteiger partial charge on any atom is -0.494 e. The third-order valence-corrected chi connectivity index (χ3v) is 2.62. The molecular formula is C11H10ClFN4OS. The molecule has 5 nitrogen and oxygen atoms in total. The number of ether oxygens (including phenoxy) is 1. The molecule has 0 radical (unpaired) electrons. The van der Waals surface area contributed by atoms with Crippen LogP contribution in [-0.2, 0) is 0 Å². The Morgan fingerprint density at radius 2 is 2.32 bits per heavy atom. The largest absolute Gasteiger partial charge is 0.494 e. The van der Waals surface area contributed by atoms with Crippen LogP contribution >= 0.6 is 23.8 Å². The summed E-state index contributed by atoms with van der Waals surface area (Å²) >= 11 is 10.4. The molecule has 0 fully saturated rings. The molecule has 0 aliphatic carbocycles. The van der Waals surface area contributed by atoms with E-state index in [2.05, 4.69) is 10.3 Å². The highest BCUT2D eigenvalue weighted by Crippen LogP contribution is 2.30. The number of nitrogens with one attached hydrogen (secondary N) is 1. The van der Waals surface area contributed by atoms with Crippen LogP contribution in [0.1, 0.15) is 0 Å². The predicted octanol–water partition coefficient (Wildman–Crippen LogP) is 2.33. The molecule has 8 heteroatoms. The summed E-state index contributed by atoms with van der Waals surface area (Å²) < 4.78 is 20.7. The molecule has 0 atom stereocenters. The van der Waals surface area contributed by atoms with E-state index in [1.54, 1.807) is 6.07 Å². The second kappa shape index (κ2) is 5.41. The normalized spacial score (nSPS) is 10.3. The second-order valence-corrected chi connectivity index (χ2v) is 4.43. The molecule has 1 aromatic carbocycles. The molecule has 19 heavy (non-hydrogen) atoms. The SMILES string of the molecule is COc1cc(NC(N)=S)cc(F)c1-n1cnc(Cl)c1. The number of hydrogen-bond donors (Lipinski definition) is 2. The lowest BCUT2D eigenvalue weighted by Crippen LogP contribution is -2.19. The van der Waals surface area contributed by atoms with Gasteiger partial charge >= 0.3 is 0 Å². The Labute approximate surface area is 119 Å². The van der Waals surface area contributed by atoms with Crippen LogP contribution in [0.5, 0.6) is 5.75 Å². The zero-order valence-electron chi connectivity index (χ0n) is 9.85. The van der Waals surface area contributed by atoms with Crippen LogP contribution in [0.15, 0.2) is 24.7 Å². The number of nitrogens with two attached hydrogens (primary N) is 1. The van der Waals surface area contributed by atoms with Crippen molar-refractivity contribution in [3.05, 3.63) is 35.6 Å². The number of anilines is 1. The van der Waals surface area contributed by atoms with Gasteiger partial charge in [0.05, 0.1) is 7.11 Å². The number of imidazole rings is 1. The third-order valence-electron chi connectivity index (χ3n) is 2.33. The highest BCUT2D eigenvalue weighted by Gasteiger charge is 2.14. The van der Waals surface area contributed by atoms with Gasteiger partial charge in [0.2, 0.25) is 0 Å². The minimum atomic E-state index is -0.521. The van der Waals surface area contributed by atoms with Gasteiger partial charge in [-0.3, -0.25) is 4.57 Å². The van der Waals surface area contributed by atoms with Gasteiger partial charge in [-0.2, -0.15) is 0 Å². The molecule has 2 aromatic rings. The molecule has 0 bridgehead atoms. The number of hydrogen-bond acceptors (Lipinski definition) is 3. The first-order chi connectivity index (χ1) is 9.01. The van der Waals surface area contributed by atoms with Gasteiger partial charge < -0.3 is 15.8 Å². The average molecular weight is 301 g/mol. The quantitative estimate of drug-likeness (QED) is 0.852. The fraction of sp³-hybridized carbons (Fsp3) is 0.0909. The summed E-state index contributed by atoms with van der Waals surface area (Å²) in [6, 6.07) is 2.83. The number of benzene rings is 1. The van der Waals surface area contributed by atoms with Crippen LogP contribution in [-0.4, -0.2) is 21.8 Å². The summed E-state index contributed by atoms with van der Waals surface area (Å²) in [5, 5.41) is 2.94. The van der Waals surface area contributed by atoms with Crippen molar-refractivity contribution in [2.45, 2.75) is 0 Å². The van der Waals surface area contributed by atoms with Gasteiger partial charge in [0, 0.05) is 18.0 Å². The molecule has 0 aliphatic rings. The van der Waals surface area contributed by atoms with Crippen molar-refractivity contribution in [2.75, 3.05) is 12.4 Å². The standard InChI is InChI=1S/C11H10ClFN4OS/c1-18-8-3-6(16-11(14)19)2-7(13)10(8)17-4-9(12)15-5-17/h2-5H,1H3,(H3,14,16,19). The van der Waals surface area contributed by atoms with E-state index in [0.29, 0.717) is 11.4 Å². The van der Waals surface area contributed by atoms with Crippen molar-refractivity contribution in [3.63, 3.8) is 0 Å². The summed E-state index contributed by atoms with van der Waals surface area (Å²) in [6.45, 7) is 0. The van der Waals surface area contributed by atoms with E-state index in [9.17, 15) is 4.39 Å². The van der Waals surface area contributed by atoms with E-state index in [1.165, 1.54) is 30.3 Å².